The highest BCUT2D eigenvalue weighted by molar-refractivity contribution is 9.10. The zero-order valence-corrected chi connectivity index (χ0v) is 14.6. The van der Waals surface area contributed by atoms with Gasteiger partial charge in [0.25, 0.3) is 5.91 Å². The molecule has 2 aromatic carbocycles. The number of amides is 1. The van der Waals surface area contributed by atoms with Crippen molar-refractivity contribution in [3.63, 3.8) is 0 Å². The van der Waals surface area contributed by atoms with Crippen LogP contribution in [0.4, 0.5) is 5.69 Å². The van der Waals surface area contributed by atoms with Crippen molar-refractivity contribution < 1.29 is 9.53 Å². The first-order valence-corrected chi connectivity index (χ1v) is 8.08. The summed E-state index contributed by atoms with van der Waals surface area (Å²) in [5.41, 5.74) is 3.01. The van der Waals surface area contributed by atoms with E-state index < -0.39 is 6.10 Å². The third kappa shape index (κ3) is 4.60. The van der Waals surface area contributed by atoms with Gasteiger partial charge in [-0.15, -0.1) is 0 Å². The molecular weight excluding hydrogens is 342 g/mol. The van der Waals surface area contributed by atoms with Crippen LogP contribution in [0.1, 0.15) is 24.5 Å². The average molecular weight is 362 g/mol. The van der Waals surface area contributed by atoms with Crippen LogP contribution in [0, 0.1) is 13.8 Å². The van der Waals surface area contributed by atoms with Crippen LogP contribution in [-0.2, 0) is 4.79 Å². The van der Waals surface area contributed by atoms with E-state index in [0.717, 1.165) is 27.0 Å². The summed E-state index contributed by atoms with van der Waals surface area (Å²) >= 11 is 3.37. The largest absolute Gasteiger partial charge is 0.481 e. The second-order valence-corrected chi connectivity index (χ2v) is 6.25. The highest BCUT2D eigenvalue weighted by atomic mass is 79.9. The van der Waals surface area contributed by atoms with Crippen LogP contribution in [0.25, 0.3) is 0 Å². The number of benzene rings is 2. The maximum absolute atomic E-state index is 12.4. The van der Waals surface area contributed by atoms with Crippen molar-refractivity contribution in [3.05, 3.63) is 58.1 Å². The van der Waals surface area contributed by atoms with Crippen molar-refractivity contribution in [2.24, 2.45) is 0 Å². The standard InChI is InChI=1S/C18H20BrNO2/c1-4-17(22-16-10-12(2)9-13(3)11-16)18(21)20-15-7-5-14(19)6-8-15/h5-11,17H,4H2,1-3H3,(H,20,21). The smallest absolute Gasteiger partial charge is 0.265 e. The van der Waals surface area contributed by atoms with Crippen LogP contribution >= 0.6 is 15.9 Å². The normalized spacial score (nSPS) is 11.8. The van der Waals surface area contributed by atoms with Crippen molar-refractivity contribution in [1.29, 1.82) is 0 Å². The van der Waals surface area contributed by atoms with Gasteiger partial charge in [0.1, 0.15) is 5.75 Å². The van der Waals surface area contributed by atoms with E-state index in [2.05, 4.69) is 27.3 Å². The number of hydrogen-bond donors (Lipinski definition) is 1. The van der Waals surface area contributed by atoms with Gasteiger partial charge in [0.15, 0.2) is 6.10 Å². The van der Waals surface area contributed by atoms with Gasteiger partial charge in [-0.25, -0.2) is 0 Å². The summed E-state index contributed by atoms with van der Waals surface area (Å²) in [6, 6.07) is 13.5. The molecule has 1 unspecified atom stereocenters. The van der Waals surface area contributed by atoms with Crippen LogP contribution in [0.15, 0.2) is 46.9 Å². The molecule has 0 radical (unpaired) electrons. The Morgan fingerprint density at radius 3 is 2.27 bits per heavy atom. The molecule has 0 bridgehead atoms. The van der Waals surface area contributed by atoms with Gasteiger partial charge < -0.3 is 10.1 Å². The summed E-state index contributed by atoms with van der Waals surface area (Å²) in [5, 5.41) is 2.88. The van der Waals surface area contributed by atoms with Crippen LogP contribution in [0.3, 0.4) is 0 Å². The fourth-order valence-corrected chi connectivity index (χ4v) is 2.51. The molecule has 22 heavy (non-hydrogen) atoms. The highest BCUT2D eigenvalue weighted by Gasteiger charge is 2.18. The molecule has 0 saturated heterocycles. The first-order valence-electron chi connectivity index (χ1n) is 7.29. The summed E-state index contributed by atoms with van der Waals surface area (Å²) < 4.78 is 6.84. The minimum absolute atomic E-state index is 0.135. The van der Waals surface area contributed by atoms with E-state index >= 15 is 0 Å². The lowest BCUT2D eigenvalue weighted by atomic mass is 10.1. The number of anilines is 1. The number of nitrogens with one attached hydrogen (secondary N) is 1. The fourth-order valence-electron chi connectivity index (χ4n) is 2.24. The second kappa shape index (κ2) is 7.45. The lowest BCUT2D eigenvalue weighted by Gasteiger charge is -2.18. The molecule has 0 aliphatic heterocycles. The Balaban J connectivity index is 2.06. The lowest BCUT2D eigenvalue weighted by Crippen LogP contribution is -2.32. The molecule has 0 aliphatic rings. The van der Waals surface area contributed by atoms with E-state index in [9.17, 15) is 4.79 Å². The Labute approximate surface area is 139 Å². The Morgan fingerprint density at radius 1 is 1.14 bits per heavy atom. The quantitative estimate of drug-likeness (QED) is 0.825. The minimum atomic E-state index is -0.509. The number of rotatable bonds is 5. The van der Waals surface area contributed by atoms with Gasteiger partial charge in [-0.2, -0.15) is 0 Å². The predicted octanol–water partition coefficient (Wildman–Crippen LogP) is 4.86. The summed E-state index contributed by atoms with van der Waals surface area (Å²) in [6.45, 7) is 5.97. The van der Waals surface area contributed by atoms with E-state index in [1.807, 2.05) is 57.2 Å². The summed E-state index contributed by atoms with van der Waals surface area (Å²) in [6.07, 6.45) is 0.0971. The molecule has 3 nitrogen and oxygen atoms in total. The third-order valence-corrected chi connectivity index (χ3v) is 3.78. The number of carbonyl (C=O) groups excluding carboxylic acids is 1. The molecule has 1 amide bonds. The van der Waals surface area contributed by atoms with Gasteiger partial charge in [-0.1, -0.05) is 28.9 Å². The van der Waals surface area contributed by atoms with Crippen molar-refractivity contribution in [2.75, 3.05) is 5.32 Å². The van der Waals surface area contributed by atoms with Crippen molar-refractivity contribution in [2.45, 2.75) is 33.3 Å². The molecule has 0 fully saturated rings. The van der Waals surface area contributed by atoms with Gasteiger partial charge in [-0.05, 0) is 67.8 Å². The number of carbonyl (C=O) groups is 1. The van der Waals surface area contributed by atoms with E-state index in [1.54, 1.807) is 0 Å². The average Bonchev–Trinajstić information content (AvgIpc) is 2.46. The lowest BCUT2D eigenvalue weighted by molar-refractivity contribution is -0.122. The van der Waals surface area contributed by atoms with E-state index in [0.29, 0.717) is 6.42 Å². The zero-order valence-electron chi connectivity index (χ0n) is 13.0. The molecule has 116 valence electrons. The number of hydrogen-bond acceptors (Lipinski definition) is 2. The molecule has 0 saturated carbocycles. The van der Waals surface area contributed by atoms with Gasteiger partial charge >= 0.3 is 0 Å². The van der Waals surface area contributed by atoms with Crippen molar-refractivity contribution in [1.82, 2.24) is 0 Å². The second-order valence-electron chi connectivity index (χ2n) is 5.33. The molecule has 0 heterocycles. The zero-order chi connectivity index (χ0) is 16.1. The molecule has 0 aromatic heterocycles. The minimum Gasteiger partial charge on any atom is -0.481 e. The SMILES string of the molecule is CCC(Oc1cc(C)cc(C)c1)C(=O)Nc1ccc(Br)cc1. The number of halogens is 1. The van der Waals surface area contributed by atoms with Gasteiger partial charge in [0, 0.05) is 10.2 Å². The fraction of sp³-hybridized carbons (Fsp3) is 0.278. The third-order valence-electron chi connectivity index (χ3n) is 3.25. The number of ether oxygens (including phenoxy) is 1. The van der Waals surface area contributed by atoms with Crippen LogP contribution in [-0.4, -0.2) is 12.0 Å². The topological polar surface area (TPSA) is 38.3 Å². The van der Waals surface area contributed by atoms with Crippen LogP contribution in [0.5, 0.6) is 5.75 Å². The number of aryl methyl sites for hydroxylation is 2. The molecule has 0 spiro atoms. The van der Waals surface area contributed by atoms with Gasteiger partial charge in [0.05, 0.1) is 0 Å². The summed E-state index contributed by atoms with van der Waals surface area (Å²) in [7, 11) is 0. The maximum atomic E-state index is 12.4. The first-order chi connectivity index (χ1) is 10.5. The molecular formula is C18H20BrNO2. The maximum Gasteiger partial charge on any atom is 0.265 e. The Morgan fingerprint density at radius 2 is 1.73 bits per heavy atom. The van der Waals surface area contributed by atoms with Crippen molar-refractivity contribution >= 4 is 27.5 Å². The predicted molar refractivity (Wildman–Crippen MR) is 93.4 cm³/mol. The first kappa shape index (κ1) is 16.6. The Bertz CT molecular complexity index is 632. The molecule has 2 rings (SSSR count). The van der Waals surface area contributed by atoms with Gasteiger partial charge in [-0.3, -0.25) is 4.79 Å². The molecule has 1 atom stereocenters. The van der Waals surface area contributed by atoms with E-state index in [-0.39, 0.29) is 5.91 Å². The van der Waals surface area contributed by atoms with E-state index in [4.69, 9.17) is 4.74 Å². The Kier molecular flexibility index (Phi) is 5.61. The van der Waals surface area contributed by atoms with Crippen LogP contribution < -0.4 is 10.1 Å². The highest BCUT2D eigenvalue weighted by Crippen LogP contribution is 2.20. The van der Waals surface area contributed by atoms with E-state index in [1.165, 1.54) is 0 Å². The molecule has 0 aliphatic carbocycles. The molecule has 1 N–H and O–H groups in total. The summed E-state index contributed by atoms with van der Waals surface area (Å²) in [4.78, 5) is 12.4. The Hall–Kier alpha value is -1.81. The molecule has 4 heteroatoms. The van der Waals surface area contributed by atoms with Crippen molar-refractivity contribution in [3.8, 4) is 5.75 Å². The van der Waals surface area contributed by atoms with Gasteiger partial charge in [0.2, 0.25) is 0 Å². The summed E-state index contributed by atoms with van der Waals surface area (Å²) in [5.74, 6) is 0.597. The molecule has 2 aromatic rings. The van der Waals surface area contributed by atoms with Crippen LogP contribution in [0.2, 0.25) is 0 Å². The monoisotopic (exact) mass is 361 g/mol.